The van der Waals surface area contributed by atoms with Crippen LogP contribution in [0.4, 0.5) is 11.6 Å². The molecule has 0 atom stereocenters. The first kappa shape index (κ1) is 19.6. The van der Waals surface area contributed by atoms with Gasteiger partial charge in [0.15, 0.2) is 11.3 Å². The number of halogens is 1. The fourth-order valence-electron chi connectivity index (χ4n) is 2.82. The number of aromatic hydroxyl groups is 1. The molecular weight excluding hydrogens is 382 g/mol. The van der Waals surface area contributed by atoms with Crippen LogP contribution in [0.15, 0.2) is 59.2 Å². The van der Waals surface area contributed by atoms with E-state index in [4.69, 9.17) is 25.5 Å². The van der Waals surface area contributed by atoms with E-state index in [9.17, 15) is 9.90 Å². The maximum absolute atomic E-state index is 12.4. The van der Waals surface area contributed by atoms with Crippen molar-refractivity contribution in [1.82, 2.24) is 0 Å². The highest BCUT2D eigenvalue weighted by Crippen LogP contribution is 2.40. The first-order valence-corrected chi connectivity index (χ1v) is 9.05. The van der Waals surface area contributed by atoms with Gasteiger partial charge in [0.25, 0.3) is 0 Å². The Hall–Kier alpha value is -3.12. The number of carbonyl (C=O) groups excluding carboxylic acids is 1. The molecule has 0 aliphatic carbocycles. The molecule has 3 aromatic rings. The molecule has 1 N–H and O–H groups in total. The summed E-state index contributed by atoms with van der Waals surface area (Å²) in [7, 11) is 1.56. The smallest absolute Gasteiger partial charge is 0.347 e. The van der Waals surface area contributed by atoms with Gasteiger partial charge in [-0.05, 0) is 36.8 Å². The van der Waals surface area contributed by atoms with Crippen molar-refractivity contribution in [2.24, 2.45) is 0 Å². The van der Waals surface area contributed by atoms with E-state index >= 15 is 0 Å². The minimum Gasteiger partial charge on any atom is -0.504 e. The molecule has 0 amide bonds. The van der Waals surface area contributed by atoms with Crippen molar-refractivity contribution in [2.75, 3.05) is 18.6 Å². The molecule has 1 aromatic heterocycles. The lowest BCUT2D eigenvalue weighted by atomic mass is 10.1. The topological polar surface area (TPSA) is 72.1 Å². The van der Waals surface area contributed by atoms with Crippen LogP contribution in [0.25, 0.3) is 0 Å². The Morgan fingerprint density at radius 3 is 2.57 bits per heavy atom. The molecule has 0 unspecified atom stereocenters. The molecule has 0 fully saturated rings. The Labute approximate surface area is 167 Å². The zero-order valence-corrected chi connectivity index (χ0v) is 16.3. The summed E-state index contributed by atoms with van der Waals surface area (Å²) in [6.07, 6.45) is 1.12. The second-order valence-corrected chi connectivity index (χ2v) is 6.34. The highest BCUT2D eigenvalue weighted by atomic mass is 35.5. The molecule has 2 aromatic carbocycles. The van der Waals surface area contributed by atoms with Crippen molar-refractivity contribution in [3.8, 4) is 11.5 Å². The molecule has 6 nitrogen and oxygen atoms in total. The third kappa shape index (κ3) is 4.07. The Morgan fingerprint density at radius 2 is 1.89 bits per heavy atom. The highest BCUT2D eigenvalue weighted by Gasteiger charge is 2.28. The second kappa shape index (κ2) is 8.71. The van der Waals surface area contributed by atoms with E-state index < -0.39 is 5.97 Å². The third-order valence-electron chi connectivity index (χ3n) is 4.11. The lowest BCUT2D eigenvalue weighted by Gasteiger charge is -2.25. The highest BCUT2D eigenvalue weighted by molar-refractivity contribution is 6.30. The van der Waals surface area contributed by atoms with Gasteiger partial charge in [0, 0.05) is 5.02 Å². The minimum absolute atomic E-state index is 0.0401. The summed E-state index contributed by atoms with van der Waals surface area (Å²) in [5.41, 5.74) is 1.54. The van der Waals surface area contributed by atoms with Crippen LogP contribution >= 0.6 is 11.6 Å². The molecule has 0 saturated heterocycles. The number of methoxy groups -OCH3 is 1. The van der Waals surface area contributed by atoms with Gasteiger partial charge in [-0.25, -0.2) is 4.79 Å². The van der Waals surface area contributed by atoms with Crippen LogP contribution in [-0.2, 0) is 11.3 Å². The Kier molecular flexibility index (Phi) is 6.11. The lowest BCUT2D eigenvalue weighted by molar-refractivity contribution is 0.0523. The summed E-state index contributed by atoms with van der Waals surface area (Å²) in [6.45, 7) is 2.21. The number of hydrogen-bond donors (Lipinski definition) is 1. The van der Waals surface area contributed by atoms with Crippen molar-refractivity contribution < 1.29 is 23.8 Å². The van der Waals surface area contributed by atoms with Gasteiger partial charge in [0.1, 0.15) is 12.0 Å². The van der Waals surface area contributed by atoms with Crippen molar-refractivity contribution in [3.05, 3.63) is 70.9 Å². The van der Waals surface area contributed by atoms with Gasteiger partial charge < -0.3 is 23.9 Å². The summed E-state index contributed by atoms with van der Waals surface area (Å²) in [5, 5.41) is 10.8. The molecule has 146 valence electrons. The van der Waals surface area contributed by atoms with Gasteiger partial charge in [-0.2, -0.15) is 0 Å². The largest absolute Gasteiger partial charge is 0.504 e. The van der Waals surface area contributed by atoms with E-state index in [1.807, 2.05) is 30.3 Å². The van der Waals surface area contributed by atoms with Crippen LogP contribution < -0.4 is 9.64 Å². The van der Waals surface area contributed by atoms with Crippen molar-refractivity contribution in [1.29, 1.82) is 0 Å². The number of benzene rings is 2. The standard InChI is InChI=1S/C21H20ClNO5/c1-3-27-21(25)19-17(24)13-28-20(19)23(12-14-8-10-15(22)11-9-14)16-6-4-5-7-18(16)26-2/h4-11,13,24H,3,12H2,1-2H3. The average Bonchev–Trinajstić information content (AvgIpc) is 3.09. The predicted molar refractivity (Wildman–Crippen MR) is 107 cm³/mol. The van der Waals surface area contributed by atoms with Gasteiger partial charge >= 0.3 is 5.97 Å². The Bertz CT molecular complexity index is 952. The van der Waals surface area contributed by atoms with Crippen LogP contribution in [0.5, 0.6) is 11.5 Å². The quantitative estimate of drug-likeness (QED) is 0.551. The molecule has 0 aliphatic rings. The Morgan fingerprint density at radius 1 is 1.18 bits per heavy atom. The van der Waals surface area contributed by atoms with Crippen LogP contribution in [0.3, 0.4) is 0 Å². The van der Waals surface area contributed by atoms with E-state index in [-0.39, 0.29) is 23.8 Å². The molecule has 0 saturated carbocycles. The molecule has 0 aliphatic heterocycles. The van der Waals surface area contributed by atoms with Crippen molar-refractivity contribution >= 4 is 29.1 Å². The monoisotopic (exact) mass is 401 g/mol. The molecule has 0 radical (unpaired) electrons. The second-order valence-electron chi connectivity index (χ2n) is 5.91. The third-order valence-corrected chi connectivity index (χ3v) is 4.36. The molecule has 0 spiro atoms. The van der Waals surface area contributed by atoms with E-state index in [0.717, 1.165) is 11.8 Å². The molecular formula is C21H20ClNO5. The first-order valence-electron chi connectivity index (χ1n) is 8.67. The number of furan rings is 1. The summed E-state index contributed by atoms with van der Waals surface area (Å²) in [6, 6.07) is 14.6. The molecule has 0 bridgehead atoms. The summed E-state index contributed by atoms with van der Waals surface area (Å²) < 4.78 is 16.1. The number of para-hydroxylation sites is 2. The summed E-state index contributed by atoms with van der Waals surface area (Å²) in [5.74, 6) is -0.207. The predicted octanol–water partition coefficient (Wildman–Crippen LogP) is 5.16. The number of rotatable bonds is 7. The molecule has 1 heterocycles. The van der Waals surface area contributed by atoms with Crippen molar-refractivity contribution in [2.45, 2.75) is 13.5 Å². The van der Waals surface area contributed by atoms with Gasteiger partial charge in [0.2, 0.25) is 5.88 Å². The number of esters is 1. The minimum atomic E-state index is -0.667. The van der Waals surface area contributed by atoms with E-state index in [2.05, 4.69) is 0 Å². The van der Waals surface area contributed by atoms with Crippen LogP contribution in [0.2, 0.25) is 5.02 Å². The van der Waals surface area contributed by atoms with Crippen LogP contribution in [-0.4, -0.2) is 24.8 Å². The SMILES string of the molecule is CCOC(=O)c1c(O)coc1N(Cc1ccc(Cl)cc1)c1ccccc1OC. The normalized spacial score (nSPS) is 10.5. The van der Waals surface area contributed by atoms with E-state index in [1.54, 1.807) is 37.1 Å². The van der Waals surface area contributed by atoms with Crippen LogP contribution in [0.1, 0.15) is 22.8 Å². The number of hydrogen-bond acceptors (Lipinski definition) is 6. The maximum atomic E-state index is 12.4. The molecule has 7 heteroatoms. The molecule has 28 heavy (non-hydrogen) atoms. The zero-order valence-electron chi connectivity index (χ0n) is 15.5. The Balaban J connectivity index is 2.12. The lowest BCUT2D eigenvalue weighted by Crippen LogP contribution is -2.19. The zero-order chi connectivity index (χ0) is 20.1. The van der Waals surface area contributed by atoms with Gasteiger partial charge in [-0.1, -0.05) is 35.9 Å². The average molecular weight is 402 g/mol. The van der Waals surface area contributed by atoms with Gasteiger partial charge in [-0.3, -0.25) is 0 Å². The molecule has 3 rings (SSSR count). The summed E-state index contributed by atoms with van der Waals surface area (Å²) >= 11 is 5.99. The fourth-order valence-corrected chi connectivity index (χ4v) is 2.95. The first-order chi connectivity index (χ1) is 13.5. The maximum Gasteiger partial charge on any atom is 0.347 e. The van der Waals surface area contributed by atoms with Gasteiger partial charge in [-0.15, -0.1) is 0 Å². The van der Waals surface area contributed by atoms with E-state index in [0.29, 0.717) is 23.0 Å². The number of anilines is 2. The van der Waals surface area contributed by atoms with Crippen LogP contribution in [0, 0.1) is 0 Å². The number of carbonyl (C=O) groups is 1. The van der Waals surface area contributed by atoms with Crippen molar-refractivity contribution in [3.63, 3.8) is 0 Å². The number of ether oxygens (including phenoxy) is 2. The van der Waals surface area contributed by atoms with Gasteiger partial charge in [0.05, 0.1) is 25.9 Å². The van der Waals surface area contributed by atoms with E-state index in [1.165, 1.54) is 0 Å². The number of nitrogens with zero attached hydrogens (tertiary/aromatic N) is 1. The summed E-state index contributed by atoms with van der Waals surface area (Å²) in [4.78, 5) is 14.2. The fraction of sp³-hybridized carbons (Fsp3) is 0.190.